The second-order valence-corrected chi connectivity index (χ2v) is 6.54. The first-order chi connectivity index (χ1) is 9.52. The molecule has 0 saturated carbocycles. The van der Waals surface area contributed by atoms with Gasteiger partial charge in [0.25, 0.3) is 0 Å². The van der Waals surface area contributed by atoms with Crippen molar-refractivity contribution in [3.8, 4) is 0 Å². The highest BCUT2D eigenvalue weighted by molar-refractivity contribution is 5.55. The van der Waals surface area contributed by atoms with Crippen molar-refractivity contribution in [2.24, 2.45) is 11.7 Å². The molecular weight excluding hydrogens is 248 g/mol. The number of anilines is 1. The van der Waals surface area contributed by atoms with Gasteiger partial charge in [0.05, 0.1) is 5.60 Å². The number of nitrogens with two attached hydrogens (primary N) is 1. The van der Waals surface area contributed by atoms with Crippen LogP contribution in [-0.4, -0.2) is 30.3 Å². The lowest BCUT2D eigenvalue weighted by Crippen LogP contribution is -2.36. The number of unbranched alkanes of at least 4 members (excludes halogenated alkanes) is 1. The maximum atomic E-state index is 9.92. The molecule has 112 valence electrons. The Bertz CT molecular complexity index is 431. The van der Waals surface area contributed by atoms with Crippen molar-refractivity contribution in [2.45, 2.75) is 45.1 Å². The standard InChI is InChI=1S/C17H28N2O/c1-14-11-15-7-3-4-8-16(15)19(12-14)10-6-5-9-17(2,20)13-18/h3-4,7-8,14,20H,5-6,9-13,18H2,1-2H3. The molecule has 1 aromatic carbocycles. The van der Waals surface area contributed by atoms with Crippen molar-refractivity contribution < 1.29 is 5.11 Å². The van der Waals surface area contributed by atoms with Gasteiger partial charge in [0.1, 0.15) is 0 Å². The summed E-state index contributed by atoms with van der Waals surface area (Å²) in [5.74, 6) is 0.719. The van der Waals surface area contributed by atoms with Gasteiger partial charge in [0, 0.05) is 25.3 Å². The summed E-state index contributed by atoms with van der Waals surface area (Å²) in [6, 6.07) is 8.74. The number of hydrogen-bond acceptors (Lipinski definition) is 3. The van der Waals surface area contributed by atoms with Gasteiger partial charge in [0.2, 0.25) is 0 Å². The van der Waals surface area contributed by atoms with Crippen molar-refractivity contribution in [1.82, 2.24) is 0 Å². The van der Waals surface area contributed by atoms with E-state index in [1.807, 2.05) is 6.92 Å². The van der Waals surface area contributed by atoms with Crippen LogP contribution in [0.3, 0.4) is 0 Å². The van der Waals surface area contributed by atoms with Gasteiger partial charge in [-0.2, -0.15) is 0 Å². The van der Waals surface area contributed by atoms with E-state index in [9.17, 15) is 5.11 Å². The number of hydrogen-bond donors (Lipinski definition) is 2. The third kappa shape index (κ3) is 3.97. The van der Waals surface area contributed by atoms with E-state index in [4.69, 9.17) is 5.73 Å². The highest BCUT2D eigenvalue weighted by atomic mass is 16.3. The minimum atomic E-state index is -0.701. The molecule has 1 heterocycles. The Balaban J connectivity index is 1.87. The molecule has 0 amide bonds. The molecule has 0 spiro atoms. The van der Waals surface area contributed by atoms with Crippen molar-refractivity contribution in [1.29, 1.82) is 0 Å². The maximum absolute atomic E-state index is 9.92. The second-order valence-electron chi connectivity index (χ2n) is 6.54. The summed E-state index contributed by atoms with van der Waals surface area (Å²) < 4.78 is 0. The topological polar surface area (TPSA) is 49.5 Å². The molecule has 0 aromatic heterocycles. The van der Waals surface area contributed by atoms with E-state index in [0.29, 0.717) is 6.54 Å². The molecule has 2 unspecified atom stereocenters. The summed E-state index contributed by atoms with van der Waals surface area (Å²) in [6.07, 6.45) is 4.11. The Hall–Kier alpha value is -1.06. The predicted octanol–water partition coefficient (Wildman–Crippen LogP) is 2.57. The summed E-state index contributed by atoms with van der Waals surface area (Å²) in [6.45, 7) is 6.70. The van der Waals surface area contributed by atoms with Gasteiger partial charge in [-0.25, -0.2) is 0 Å². The van der Waals surface area contributed by atoms with Crippen LogP contribution in [0.4, 0.5) is 5.69 Å². The Labute approximate surface area is 122 Å². The predicted molar refractivity (Wildman–Crippen MR) is 85.1 cm³/mol. The zero-order valence-corrected chi connectivity index (χ0v) is 12.8. The van der Waals surface area contributed by atoms with Crippen molar-refractivity contribution >= 4 is 5.69 Å². The van der Waals surface area contributed by atoms with E-state index in [0.717, 1.165) is 38.3 Å². The zero-order valence-electron chi connectivity index (χ0n) is 12.8. The molecule has 0 fully saturated rings. The zero-order chi connectivity index (χ0) is 14.6. The lowest BCUT2D eigenvalue weighted by atomic mass is 9.93. The molecule has 1 aromatic rings. The Morgan fingerprint density at radius 1 is 1.35 bits per heavy atom. The minimum absolute atomic E-state index is 0.344. The monoisotopic (exact) mass is 276 g/mol. The molecule has 1 aliphatic rings. The average Bonchev–Trinajstić information content (AvgIpc) is 2.43. The molecule has 2 atom stereocenters. The van der Waals surface area contributed by atoms with E-state index in [-0.39, 0.29) is 0 Å². The number of aliphatic hydroxyl groups is 1. The molecule has 20 heavy (non-hydrogen) atoms. The molecule has 0 bridgehead atoms. The van der Waals surface area contributed by atoms with E-state index in [1.54, 1.807) is 0 Å². The number of para-hydroxylation sites is 1. The SMILES string of the molecule is CC1Cc2ccccc2N(CCCCC(C)(O)CN)C1. The molecule has 3 N–H and O–H groups in total. The van der Waals surface area contributed by atoms with Crippen LogP contribution in [0.25, 0.3) is 0 Å². The van der Waals surface area contributed by atoms with Crippen LogP contribution in [0.2, 0.25) is 0 Å². The normalized spacial score (nSPS) is 21.4. The van der Waals surface area contributed by atoms with Crippen molar-refractivity contribution in [3.05, 3.63) is 29.8 Å². The molecule has 0 aliphatic carbocycles. The van der Waals surface area contributed by atoms with Gasteiger partial charge in [0.15, 0.2) is 0 Å². The minimum Gasteiger partial charge on any atom is -0.389 e. The van der Waals surface area contributed by atoms with E-state index in [1.165, 1.54) is 17.7 Å². The van der Waals surface area contributed by atoms with Gasteiger partial charge in [-0.15, -0.1) is 0 Å². The van der Waals surface area contributed by atoms with E-state index in [2.05, 4.69) is 36.1 Å². The summed E-state index contributed by atoms with van der Waals surface area (Å²) in [4.78, 5) is 2.50. The van der Waals surface area contributed by atoms with Crippen LogP contribution < -0.4 is 10.6 Å². The summed E-state index contributed by atoms with van der Waals surface area (Å²) in [5, 5.41) is 9.92. The van der Waals surface area contributed by atoms with Crippen LogP contribution in [0, 0.1) is 5.92 Å². The third-order valence-electron chi connectivity index (χ3n) is 4.27. The van der Waals surface area contributed by atoms with Crippen molar-refractivity contribution in [2.75, 3.05) is 24.5 Å². The molecular formula is C17H28N2O. The fourth-order valence-electron chi connectivity index (χ4n) is 3.03. The molecule has 2 rings (SSSR count). The van der Waals surface area contributed by atoms with Gasteiger partial charge in [-0.1, -0.05) is 25.1 Å². The van der Waals surface area contributed by atoms with Crippen molar-refractivity contribution in [3.63, 3.8) is 0 Å². The van der Waals surface area contributed by atoms with Crippen LogP contribution in [-0.2, 0) is 6.42 Å². The van der Waals surface area contributed by atoms with Gasteiger partial charge < -0.3 is 15.7 Å². The Morgan fingerprint density at radius 2 is 2.10 bits per heavy atom. The summed E-state index contributed by atoms with van der Waals surface area (Å²) >= 11 is 0. The van der Waals surface area contributed by atoms with Crippen LogP contribution >= 0.6 is 0 Å². The number of nitrogens with zero attached hydrogens (tertiary/aromatic N) is 1. The average molecular weight is 276 g/mol. The quantitative estimate of drug-likeness (QED) is 0.785. The smallest absolute Gasteiger partial charge is 0.0741 e. The second kappa shape index (κ2) is 6.59. The lowest BCUT2D eigenvalue weighted by Gasteiger charge is -2.35. The van der Waals surface area contributed by atoms with Gasteiger partial charge in [-0.05, 0) is 50.2 Å². The van der Waals surface area contributed by atoms with Crippen LogP contribution in [0.1, 0.15) is 38.7 Å². The molecule has 3 nitrogen and oxygen atoms in total. The number of benzene rings is 1. The molecule has 3 heteroatoms. The van der Waals surface area contributed by atoms with E-state index >= 15 is 0 Å². The summed E-state index contributed by atoms with van der Waals surface area (Å²) in [7, 11) is 0. The fraction of sp³-hybridized carbons (Fsp3) is 0.647. The lowest BCUT2D eigenvalue weighted by molar-refractivity contribution is 0.0574. The molecule has 0 radical (unpaired) electrons. The molecule has 0 saturated heterocycles. The van der Waals surface area contributed by atoms with Crippen LogP contribution in [0.5, 0.6) is 0 Å². The maximum Gasteiger partial charge on any atom is 0.0741 e. The summed E-state index contributed by atoms with van der Waals surface area (Å²) in [5.41, 5.74) is 7.72. The Kier molecular flexibility index (Phi) is 5.06. The first-order valence-electron chi connectivity index (χ1n) is 7.77. The largest absolute Gasteiger partial charge is 0.389 e. The molecule has 1 aliphatic heterocycles. The van der Waals surface area contributed by atoms with Crippen LogP contribution in [0.15, 0.2) is 24.3 Å². The first kappa shape index (κ1) is 15.3. The Morgan fingerprint density at radius 3 is 2.85 bits per heavy atom. The number of fused-ring (bicyclic) bond motifs is 1. The highest BCUT2D eigenvalue weighted by Gasteiger charge is 2.21. The fourth-order valence-corrected chi connectivity index (χ4v) is 3.03. The van der Waals surface area contributed by atoms with Gasteiger partial charge >= 0.3 is 0 Å². The van der Waals surface area contributed by atoms with Gasteiger partial charge in [-0.3, -0.25) is 0 Å². The number of rotatable bonds is 6. The third-order valence-corrected chi connectivity index (χ3v) is 4.27. The van der Waals surface area contributed by atoms with E-state index < -0.39 is 5.60 Å². The highest BCUT2D eigenvalue weighted by Crippen LogP contribution is 2.29. The first-order valence-corrected chi connectivity index (χ1v) is 7.77.